The number of carbonyl (C=O) groups is 1. The highest BCUT2D eigenvalue weighted by molar-refractivity contribution is 5.93. The Morgan fingerprint density at radius 1 is 1.06 bits per heavy atom. The third-order valence-electron chi connectivity index (χ3n) is 5.27. The monoisotopic (exact) mass is 475 g/mol. The molecule has 1 aliphatic heterocycles. The average molecular weight is 476 g/mol. The number of morpholine rings is 1. The molecule has 0 saturated carbocycles. The molecule has 0 radical (unpaired) electrons. The van der Waals surface area contributed by atoms with E-state index in [-0.39, 0.29) is 11.9 Å². The van der Waals surface area contributed by atoms with E-state index in [1.807, 2.05) is 37.1 Å². The number of hydrogen-bond acceptors (Lipinski definition) is 8. The van der Waals surface area contributed by atoms with Gasteiger partial charge in [0.25, 0.3) is 5.91 Å². The first kappa shape index (κ1) is 24.1. The Kier molecular flexibility index (Phi) is 7.51. The SMILES string of the molecule is CC.CN(C)C(=O)c1ccc(Oc2nc(-c3cnc4[nH]ccc4c3)nc(N3CCOCC3)n2)cc1. The molecule has 35 heavy (non-hydrogen) atoms. The Hall–Kier alpha value is -4.05. The first-order valence-electron chi connectivity index (χ1n) is 11.6. The maximum atomic E-state index is 12.1. The molecule has 0 aliphatic carbocycles. The minimum absolute atomic E-state index is 0.0775. The van der Waals surface area contributed by atoms with Gasteiger partial charge >= 0.3 is 6.01 Å². The Morgan fingerprint density at radius 3 is 2.51 bits per heavy atom. The van der Waals surface area contributed by atoms with Gasteiger partial charge in [-0.3, -0.25) is 4.79 Å². The molecule has 1 saturated heterocycles. The molecule has 0 spiro atoms. The molecule has 4 aromatic rings. The summed E-state index contributed by atoms with van der Waals surface area (Å²) in [6.45, 7) is 6.57. The lowest BCUT2D eigenvalue weighted by atomic mass is 10.2. The molecule has 1 aliphatic rings. The summed E-state index contributed by atoms with van der Waals surface area (Å²) in [5, 5.41) is 0.962. The molecule has 0 bridgehead atoms. The third kappa shape index (κ3) is 5.55. The van der Waals surface area contributed by atoms with Gasteiger partial charge in [0.1, 0.15) is 11.4 Å². The minimum atomic E-state index is -0.0775. The Labute approximate surface area is 204 Å². The van der Waals surface area contributed by atoms with E-state index in [0.717, 1.165) is 16.6 Å². The maximum Gasteiger partial charge on any atom is 0.327 e. The van der Waals surface area contributed by atoms with Crippen LogP contribution >= 0.6 is 0 Å². The zero-order valence-electron chi connectivity index (χ0n) is 20.4. The Balaban J connectivity index is 0.00000141. The van der Waals surface area contributed by atoms with Crippen molar-refractivity contribution in [3.05, 3.63) is 54.4 Å². The molecule has 0 unspecified atom stereocenters. The van der Waals surface area contributed by atoms with E-state index in [0.29, 0.717) is 49.4 Å². The van der Waals surface area contributed by atoms with Gasteiger partial charge in [0, 0.05) is 56.1 Å². The number of anilines is 1. The van der Waals surface area contributed by atoms with Crippen LogP contribution in [0.3, 0.4) is 0 Å². The average Bonchev–Trinajstić information content (AvgIpc) is 3.38. The number of hydrogen-bond donors (Lipinski definition) is 1. The summed E-state index contributed by atoms with van der Waals surface area (Å²) < 4.78 is 11.4. The van der Waals surface area contributed by atoms with Crippen molar-refractivity contribution in [1.29, 1.82) is 0 Å². The molecular weight excluding hydrogens is 446 g/mol. The molecule has 5 rings (SSSR count). The van der Waals surface area contributed by atoms with E-state index in [1.165, 1.54) is 4.90 Å². The number of ether oxygens (including phenoxy) is 2. The molecule has 1 amide bonds. The number of fused-ring (bicyclic) bond motifs is 1. The van der Waals surface area contributed by atoms with Crippen LogP contribution in [0.15, 0.2) is 48.8 Å². The summed E-state index contributed by atoms with van der Waals surface area (Å²) in [7, 11) is 3.43. The van der Waals surface area contributed by atoms with Crippen LogP contribution in [0, 0.1) is 0 Å². The number of aromatic amines is 1. The van der Waals surface area contributed by atoms with E-state index in [4.69, 9.17) is 9.47 Å². The standard InChI is InChI=1S/C23H23N7O3.C2H6/c1-29(2)21(31)15-3-5-18(6-4-15)33-23-27-20(17-13-16-7-8-24-19(16)25-14-17)26-22(28-23)30-9-11-32-12-10-30;1-2/h3-8,13-14H,9-12H2,1-2H3,(H,24,25);1-2H3. The Bertz CT molecular complexity index is 1280. The first-order valence-corrected chi connectivity index (χ1v) is 11.6. The molecule has 1 N–H and O–H groups in total. The predicted octanol–water partition coefficient (Wildman–Crippen LogP) is 3.77. The van der Waals surface area contributed by atoms with Gasteiger partial charge in [-0.2, -0.15) is 15.0 Å². The van der Waals surface area contributed by atoms with Gasteiger partial charge in [-0.15, -0.1) is 0 Å². The van der Waals surface area contributed by atoms with Crippen molar-refractivity contribution in [3.63, 3.8) is 0 Å². The molecular formula is C25H29N7O3. The molecule has 4 heterocycles. The quantitative estimate of drug-likeness (QED) is 0.465. The van der Waals surface area contributed by atoms with Crippen molar-refractivity contribution in [2.75, 3.05) is 45.3 Å². The number of amides is 1. The Morgan fingerprint density at radius 2 is 1.80 bits per heavy atom. The number of rotatable bonds is 5. The third-order valence-corrected chi connectivity index (χ3v) is 5.27. The van der Waals surface area contributed by atoms with Crippen LogP contribution in [0.5, 0.6) is 11.8 Å². The fraction of sp³-hybridized carbons (Fsp3) is 0.320. The molecule has 10 heteroatoms. The molecule has 0 atom stereocenters. The van der Waals surface area contributed by atoms with Gasteiger partial charge < -0.3 is 24.3 Å². The summed E-state index contributed by atoms with van der Waals surface area (Å²) in [4.78, 5) is 37.0. The maximum absolute atomic E-state index is 12.1. The van der Waals surface area contributed by atoms with Crippen LogP contribution in [0.25, 0.3) is 22.4 Å². The second-order valence-corrected chi connectivity index (χ2v) is 7.81. The second kappa shape index (κ2) is 10.9. The fourth-order valence-electron chi connectivity index (χ4n) is 3.52. The minimum Gasteiger partial charge on any atom is -0.424 e. The van der Waals surface area contributed by atoms with Crippen LogP contribution in [0.1, 0.15) is 24.2 Å². The van der Waals surface area contributed by atoms with Crippen molar-refractivity contribution < 1.29 is 14.3 Å². The largest absolute Gasteiger partial charge is 0.424 e. The topological polar surface area (TPSA) is 109 Å². The summed E-state index contributed by atoms with van der Waals surface area (Å²) in [6, 6.07) is 11.0. The van der Waals surface area contributed by atoms with Crippen molar-refractivity contribution >= 4 is 22.9 Å². The van der Waals surface area contributed by atoms with E-state index in [2.05, 4.69) is 24.9 Å². The van der Waals surface area contributed by atoms with E-state index in [9.17, 15) is 4.79 Å². The highest BCUT2D eigenvalue weighted by Gasteiger charge is 2.19. The molecule has 3 aromatic heterocycles. The number of H-pyrrole nitrogens is 1. The zero-order chi connectivity index (χ0) is 24.8. The number of carbonyl (C=O) groups excluding carboxylic acids is 1. The van der Waals surface area contributed by atoms with Gasteiger partial charge in [-0.25, -0.2) is 4.98 Å². The lowest BCUT2D eigenvalue weighted by Gasteiger charge is -2.27. The molecule has 1 aromatic carbocycles. The normalized spacial score (nSPS) is 13.2. The van der Waals surface area contributed by atoms with Crippen molar-refractivity contribution in [2.24, 2.45) is 0 Å². The van der Waals surface area contributed by atoms with Gasteiger partial charge in [0.05, 0.1) is 13.2 Å². The second-order valence-electron chi connectivity index (χ2n) is 7.81. The number of benzene rings is 1. The molecule has 182 valence electrons. The van der Waals surface area contributed by atoms with Crippen LogP contribution < -0.4 is 9.64 Å². The highest BCUT2D eigenvalue weighted by atomic mass is 16.5. The first-order chi connectivity index (χ1) is 17.1. The van der Waals surface area contributed by atoms with Gasteiger partial charge in [0.15, 0.2) is 5.82 Å². The highest BCUT2D eigenvalue weighted by Crippen LogP contribution is 2.26. The van der Waals surface area contributed by atoms with Crippen molar-refractivity contribution in [3.8, 4) is 23.1 Å². The lowest BCUT2D eigenvalue weighted by molar-refractivity contribution is 0.0827. The van der Waals surface area contributed by atoms with Gasteiger partial charge in [-0.1, -0.05) is 13.8 Å². The number of nitrogens with one attached hydrogen (secondary N) is 1. The predicted molar refractivity (Wildman–Crippen MR) is 134 cm³/mol. The summed E-state index contributed by atoms with van der Waals surface area (Å²) >= 11 is 0. The summed E-state index contributed by atoms with van der Waals surface area (Å²) in [6.07, 6.45) is 3.57. The summed E-state index contributed by atoms with van der Waals surface area (Å²) in [5.74, 6) is 1.43. The zero-order valence-corrected chi connectivity index (χ0v) is 20.4. The van der Waals surface area contributed by atoms with Crippen molar-refractivity contribution in [2.45, 2.75) is 13.8 Å². The van der Waals surface area contributed by atoms with Crippen LogP contribution in [-0.2, 0) is 4.74 Å². The molecule has 1 fully saturated rings. The molecule has 10 nitrogen and oxygen atoms in total. The van der Waals surface area contributed by atoms with Crippen molar-refractivity contribution in [1.82, 2.24) is 29.8 Å². The van der Waals surface area contributed by atoms with Gasteiger partial charge in [-0.05, 0) is 36.4 Å². The van der Waals surface area contributed by atoms with E-state index < -0.39 is 0 Å². The van der Waals surface area contributed by atoms with E-state index in [1.54, 1.807) is 44.6 Å². The number of aromatic nitrogens is 5. The fourth-order valence-corrected chi connectivity index (χ4v) is 3.52. The van der Waals surface area contributed by atoms with Crippen LogP contribution in [0.4, 0.5) is 5.95 Å². The summed E-state index contributed by atoms with van der Waals surface area (Å²) in [5.41, 5.74) is 2.13. The van der Waals surface area contributed by atoms with Crippen LogP contribution in [0.2, 0.25) is 0 Å². The lowest BCUT2D eigenvalue weighted by Crippen LogP contribution is -2.37. The smallest absolute Gasteiger partial charge is 0.327 e. The van der Waals surface area contributed by atoms with E-state index >= 15 is 0 Å². The number of pyridine rings is 1. The van der Waals surface area contributed by atoms with Crippen LogP contribution in [-0.4, -0.2) is 76.1 Å². The number of nitrogens with zero attached hydrogens (tertiary/aromatic N) is 6. The van der Waals surface area contributed by atoms with Gasteiger partial charge in [0.2, 0.25) is 5.95 Å².